The molecular weight excluding hydrogens is 239 g/mol. The zero-order valence-electron chi connectivity index (χ0n) is 10.1. The lowest BCUT2D eigenvalue weighted by molar-refractivity contribution is -0.239. The SMILES string of the molecule is CC1(C)OC(=O)C(Cc2cccc(F)c2)C(=O)O1. The van der Waals surface area contributed by atoms with Gasteiger partial charge < -0.3 is 9.47 Å². The first kappa shape index (κ1) is 12.5. The zero-order valence-corrected chi connectivity index (χ0v) is 10.1. The van der Waals surface area contributed by atoms with Crippen LogP contribution in [-0.4, -0.2) is 17.7 Å². The number of halogens is 1. The summed E-state index contributed by atoms with van der Waals surface area (Å²) in [7, 11) is 0. The highest BCUT2D eigenvalue weighted by molar-refractivity contribution is 5.96. The second kappa shape index (κ2) is 4.40. The number of esters is 2. The number of cyclic esters (lactones) is 2. The largest absolute Gasteiger partial charge is 0.422 e. The van der Waals surface area contributed by atoms with E-state index in [1.165, 1.54) is 32.0 Å². The molecule has 1 heterocycles. The molecule has 0 aliphatic carbocycles. The first-order valence-electron chi connectivity index (χ1n) is 5.57. The van der Waals surface area contributed by atoms with Crippen LogP contribution in [0.4, 0.5) is 4.39 Å². The first-order valence-corrected chi connectivity index (χ1v) is 5.57. The molecule has 0 aromatic heterocycles. The molecule has 0 radical (unpaired) electrons. The van der Waals surface area contributed by atoms with Gasteiger partial charge in [-0.2, -0.15) is 0 Å². The molecule has 0 amide bonds. The molecule has 1 saturated heterocycles. The van der Waals surface area contributed by atoms with E-state index < -0.39 is 29.5 Å². The summed E-state index contributed by atoms with van der Waals surface area (Å²) in [6.45, 7) is 2.97. The maximum absolute atomic E-state index is 13.0. The van der Waals surface area contributed by atoms with Crippen molar-refractivity contribution in [3.63, 3.8) is 0 Å². The van der Waals surface area contributed by atoms with Gasteiger partial charge in [0.05, 0.1) is 0 Å². The summed E-state index contributed by atoms with van der Waals surface area (Å²) in [6.07, 6.45) is 0.0749. The molecule has 18 heavy (non-hydrogen) atoms. The standard InChI is InChI=1S/C13H13FO4/c1-13(2)17-11(15)10(12(16)18-13)7-8-4-3-5-9(14)6-8/h3-6,10H,7H2,1-2H3. The van der Waals surface area contributed by atoms with Crippen LogP contribution in [0.1, 0.15) is 19.4 Å². The average molecular weight is 252 g/mol. The summed E-state index contributed by atoms with van der Waals surface area (Å²) < 4.78 is 23.0. The molecule has 0 bridgehead atoms. The molecule has 1 aromatic rings. The number of rotatable bonds is 2. The molecule has 0 atom stereocenters. The maximum atomic E-state index is 13.0. The van der Waals surface area contributed by atoms with Crippen LogP contribution < -0.4 is 0 Å². The normalized spacial score (nSPS) is 19.3. The van der Waals surface area contributed by atoms with Gasteiger partial charge in [-0.05, 0) is 24.1 Å². The quantitative estimate of drug-likeness (QED) is 0.595. The molecule has 0 spiro atoms. The predicted octanol–water partition coefficient (Wildman–Crippen LogP) is 1.82. The van der Waals surface area contributed by atoms with E-state index in [2.05, 4.69) is 0 Å². The van der Waals surface area contributed by atoms with Crippen molar-refractivity contribution in [2.24, 2.45) is 5.92 Å². The Morgan fingerprint density at radius 1 is 1.22 bits per heavy atom. The highest BCUT2D eigenvalue weighted by Crippen LogP contribution is 2.25. The third kappa shape index (κ3) is 2.67. The van der Waals surface area contributed by atoms with Crippen molar-refractivity contribution in [1.29, 1.82) is 0 Å². The van der Waals surface area contributed by atoms with Gasteiger partial charge in [0.1, 0.15) is 5.82 Å². The lowest BCUT2D eigenvalue weighted by atomic mass is 9.98. The van der Waals surface area contributed by atoms with Crippen LogP contribution in [0.25, 0.3) is 0 Å². The summed E-state index contributed by atoms with van der Waals surface area (Å²) in [6, 6.07) is 5.74. The summed E-state index contributed by atoms with van der Waals surface area (Å²) in [5, 5.41) is 0. The van der Waals surface area contributed by atoms with Crippen LogP contribution in [0.3, 0.4) is 0 Å². The number of hydrogen-bond acceptors (Lipinski definition) is 4. The van der Waals surface area contributed by atoms with Gasteiger partial charge in [-0.15, -0.1) is 0 Å². The van der Waals surface area contributed by atoms with Crippen molar-refractivity contribution >= 4 is 11.9 Å². The Morgan fingerprint density at radius 2 is 1.83 bits per heavy atom. The molecule has 0 saturated carbocycles. The summed E-state index contributed by atoms with van der Waals surface area (Å²) in [5.74, 6) is -3.95. The lowest BCUT2D eigenvalue weighted by Gasteiger charge is -2.32. The first-order chi connectivity index (χ1) is 8.37. The van der Waals surface area contributed by atoms with Crippen molar-refractivity contribution in [3.8, 4) is 0 Å². The van der Waals surface area contributed by atoms with Gasteiger partial charge in [-0.1, -0.05) is 12.1 Å². The van der Waals surface area contributed by atoms with Crippen molar-refractivity contribution in [2.75, 3.05) is 0 Å². The van der Waals surface area contributed by atoms with E-state index in [-0.39, 0.29) is 6.42 Å². The second-order valence-electron chi connectivity index (χ2n) is 4.63. The molecule has 2 rings (SSSR count). The van der Waals surface area contributed by atoms with Crippen LogP contribution in [0.15, 0.2) is 24.3 Å². The molecule has 4 nitrogen and oxygen atoms in total. The van der Waals surface area contributed by atoms with E-state index in [1.54, 1.807) is 6.07 Å². The molecule has 1 aliphatic rings. The fourth-order valence-corrected chi connectivity index (χ4v) is 1.81. The number of carbonyl (C=O) groups is 2. The number of hydrogen-bond donors (Lipinski definition) is 0. The van der Waals surface area contributed by atoms with E-state index in [0.29, 0.717) is 5.56 Å². The number of carbonyl (C=O) groups excluding carboxylic acids is 2. The lowest BCUT2D eigenvalue weighted by Crippen LogP contribution is -2.46. The predicted molar refractivity (Wildman–Crippen MR) is 59.9 cm³/mol. The van der Waals surface area contributed by atoms with Crippen LogP contribution in [-0.2, 0) is 25.5 Å². The van der Waals surface area contributed by atoms with Crippen LogP contribution >= 0.6 is 0 Å². The summed E-state index contributed by atoms with van der Waals surface area (Å²) >= 11 is 0. The Kier molecular flexibility index (Phi) is 3.07. The summed E-state index contributed by atoms with van der Waals surface area (Å²) in [4.78, 5) is 23.4. The van der Waals surface area contributed by atoms with Crippen LogP contribution in [0, 0.1) is 11.7 Å². The molecule has 0 N–H and O–H groups in total. The van der Waals surface area contributed by atoms with Crippen LogP contribution in [0.2, 0.25) is 0 Å². The molecule has 0 unspecified atom stereocenters. The monoisotopic (exact) mass is 252 g/mol. The van der Waals surface area contributed by atoms with Gasteiger partial charge in [0.25, 0.3) is 5.79 Å². The Bertz CT molecular complexity index is 476. The van der Waals surface area contributed by atoms with Gasteiger partial charge in [-0.3, -0.25) is 9.59 Å². The number of ether oxygens (including phenoxy) is 2. The van der Waals surface area contributed by atoms with Crippen LogP contribution in [0.5, 0.6) is 0 Å². The van der Waals surface area contributed by atoms with E-state index in [0.717, 1.165) is 0 Å². The average Bonchev–Trinajstić information content (AvgIpc) is 2.22. The van der Waals surface area contributed by atoms with Gasteiger partial charge in [0, 0.05) is 13.8 Å². The third-order valence-corrected chi connectivity index (χ3v) is 2.59. The molecule has 1 fully saturated rings. The number of benzene rings is 1. The van der Waals surface area contributed by atoms with Crippen molar-refractivity contribution in [1.82, 2.24) is 0 Å². The Morgan fingerprint density at radius 3 is 2.39 bits per heavy atom. The fourth-order valence-electron chi connectivity index (χ4n) is 1.81. The molecular formula is C13H13FO4. The van der Waals surface area contributed by atoms with E-state index in [9.17, 15) is 14.0 Å². The van der Waals surface area contributed by atoms with Crippen molar-refractivity contribution < 1.29 is 23.5 Å². The third-order valence-electron chi connectivity index (χ3n) is 2.59. The second-order valence-corrected chi connectivity index (χ2v) is 4.63. The van der Waals surface area contributed by atoms with Gasteiger partial charge in [0.15, 0.2) is 5.92 Å². The highest BCUT2D eigenvalue weighted by atomic mass is 19.1. The van der Waals surface area contributed by atoms with E-state index in [1.807, 2.05) is 0 Å². The smallest absolute Gasteiger partial charge is 0.323 e. The van der Waals surface area contributed by atoms with E-state index >= 15 is 0 Å². The Balaban J connectivity index is 2.15. The fraction of sp³-hybridized carbons (Fsp3) is 0.385. The van der Waals surface area contributed by atoms with Gasteiger partial charge in [0.2, 0.25) is 0 Å². The summed E-state index contributed by atoms with van der Waals surface area (Å²) in [5.41, 5.74) is 0.550. The van der Waals surface area contributed by atoms with Crippen molar-refractivity contribution in [3.05, 3.63) is 35.6 Å². The maximum Gasteiger partial charge on any atom is 0.323 e. The molecule has 96 valence electrons. The Hall–Kier alpha value is -1.91. The minimum Gasteiger partial charge on any atom is -0.422 e. The Labute approximate surface area is 104 Å². The minimum absolute atomic E-state index is 0.0749. The minimum atomic E-state index is -1.23. The zero-order chi connectivity index (χ0) is 13.3. The molecule has 1 aliphatic heterocycles. The molecule has 5 heteroatoms. The van der Waals surface area contributed by atoms with Gasteiger partial charge in [-0.25, -0.2) is 4.39 Å². The van der Waals surface area contributed by atoms with E-state index in [4.69, 9.17) is 9.47 Å². The molecule has 1 aromatic carbocycles. The van der Waals surface area contributed by atoms with Crippen molar-refractivity contribution in [2.45, 2.75) is 26.1 Å². The highest BCUT2D eigenvalue weighted by Gasteiger charge is 2.43. The topological polar surface area (TPSA) is 52.6 Å². The van der Waals surface area contributed by atoms with Gasteiger partial charge >= 0.3 is 11.9 Å².